The molecule has 0 atom stereocenters. The van der Waals surface area contributed by atoms with Crippen LogP contribution in [0.5, 0.6) is 0 Å². The maximum atomic E-state index is 4.27. The van der Waals surface area contributed by atoms with Crippen molar-refractivity contribution < 1.29 is 0 Å². The van der Waals surface area contributed by atoms with Crippen molar-refractivity contribution >= 4 is 11.3 Å². The van der Waals surface area contributed by atoms with Crippen molar-refractivity contribution in [2.75, 3.05) is 14.1 Å². The van der Waals surface area contributed by atoms with Crippen molar-refractivity contribution in [1.29, 1.82) is 0 Å². The summed E-state index contributed by atoms with van der Waals surface area (Å²) >= 11 is 1.72. The first-order chi connectivity index (χ1) is 9.16. The molecule has 1 aromatic heterocycles. The van der Waals surface area contributed by atoms with Gasteiger partial charge in [-0.05, 0) is 32.1 Å². The molecule has 0 radical (unpaired) electrons. The first kappa shape index (κ1) is 14.2. The molecule has 3 nitrogen and oxygen atoms in total. The lowest BCUT2D eigenvalue weighted by atomic mass is 10.1. The van der Waals surface area contributed by atoms with Crippen LogP contribution in [-0.4, -0.2) is 24.0 Å². The number of hydrogen-bond acceptors (Lipinski definition) is 4. The summed E-state index contributed by atoms with van der Waals surface area (Å²) in [5, 5.41) is 3.51. The standard InChI is InChI=1S/C15H21N3S/c1-12-15(19-11-17-12)9-16-8-13-6-4-5-7-14(13)10-18(2)3/h4-7,11,16H,8-10H2,1-3H3. The van der Waals surface area contributed by atoms with E-state index in [1.165, 1.54) is 16.0 Å². The molecule has 0 bridgehead atoms. The minimum atomic E-state index is 0.896. The molecule has 0 saturated carbocycles. The van der Waals surface area contributed by atoms with Crippen LogP contribution in [0.1, 0.15) is 21.7 Å². The van der Waals surface area contributed by atoms with Gasteiger partial charge < -0.3 is 10.2 Å². The van der Waals surface area contributed by atoms with E-state index >= 15 is 0 Å². The second-order valence-electron chi connectivity index (χ2n) is 4.97. The van der Waals surface area contributed by atoms with Crippen LogP contribution in [-0.2, 0) is 19.6 Å². The first-order valence-corrected chi connectivity index (χ1v) is 7.36. The van der Waals surface area contributed by atoms with Crippen molar-refractivity contribution in [3.63, 3.8) is 0 Å². The largest absolute Gasteiger partial charge is 0.308 e. The van der Waals surface area contributed by atoms with Gasteiger partial charge >= 0.3 is 0 Å². The highest BCUT2D eigenvalue weighted by atomic mass is 32.1. The molecular weight excluding hydrogens is 254 g/mol. The van der Waals surface area contributed by atoms with Crippen LogP contribution < -0.4 is 5.32 Å². The maximum Gasteiger partial charge on any atom is 0.0798 e. The van der Waals surface area contributed by atoms with E-state index in [2.05, 4.69) is 60.5 Å². The lowest BCUT2D eigenvalue weighted by molar-refractivity contribution is 0.400. The van der Waals surface area contributed by atoms with Gasteiger partial charge in [0.15, 0.2) is 0 Å². The Hall–Kier alpha value is -1.23. The van der Waals surface area contributed by atoms with Gasteiger partial charge in [-0.3, -0.25) is 0 Å². The zero-order valence-corrected chi connectivity index (χ0v) is 12.6. The predicted molar refractivity (Wildman–Crippen MR) is 81.2 cm³/mol. The number of thiazole rings is 1. The topological polar surface area (TPSA) is 28.2 Å². The van der Waals surface area contributed by atoms with Crippen molar-refractivity contribution in [1.82, 2.24) is 15.2 Å². The van der Waals surface area contributed by atoms with E-state index in [0.717, 1.165) is 25.3 Å². The number of aromatic nitrogens is 1. The lowest BCUT2D eigenvalue weighted by Gasteiger charge is -2.14. The van der Waals surface area contributed by atoms with Crippen LogP contribution in [0.25, 0.3) is 0 Å². The molecule has 1 heterocycles. The molecule has 4 heteroatoms. The average Bonchev–Trinajstić information content (AvgIpc) is 2.77. The third-order valence-corrected chi connectivity index (χ3v) is 3.99. The Bertz CT molecular complexity index is 520. The van der Waals surface area contributed by atoms with Crippen LogP contribution in [0, 0.1) is 6.92 Å². The molecule has 0 spiro atoms. The number of benzene rings is 1. The van der Waals surface area contributed by atoms with E-state index in [0.29, 0.717) is 0 Å². The molecule has 102 valence electrons. The van der Waals surface area contributed by atoms with E-state index in [1.807, 2.05) is 5.51 Å². The zero-order chi connectivity index (χ0) is 13.7. The monoisotopic (exact) mass is 275 g/mol. The molecule has 0 aliphatic heterocycles. The molecule has 2 aromatic rings. The molecule has 2 rings (SSSR count). The van der Waals surface area contributed by atoms with Gasteiger partial charge in [0.25, 0.3) is 0 Å². The zero-order valence-electron chi connectivity index (χ0n) is 11.8. The van der Waals surface area contributed by atoms with Crippen LogP contribution in [0.2, 0.25) is 0 Å². The van der Waals surface area contributed by atoms with Crippen molar-refractivity contribution in [2.45, 2.75) is 26.6 Å². The summed E-state index contributed by atoms with van der Waals surface area (Å²) in [6, 6.07) is 8.62. The van der Waals surface area contributed by atoms with Gasteiger partial charge in [-0.15, -0.1) is 11.3 Å². The third kappa shape index (κ3) is 4.13. The Morgan fingerprint density at radius 3 is 2.53 bits per heavy atom. The maximum absolute atomic E-state index is 4.27. The van der Waals surface area contributed by atoms with Gasteiger partial charge in [0.1, 0.15) is 0 Å². The minimum Gasteiger partial charge on any atom is -0.308 e. The number of hydrogen-bond donors (Lipinski definition) is 1. The third-order valence-electron chi connectivity index (χ3n) is 3.05. The number of nitrogens with one attached hydrogen (secondary N) is 1. The van der Waals surface area contributed by atoms with Crippen LogP contribution in [0.3, 0.4) is 0 Å². The first-order valence-electron chi connectivity index (χ1n) is 6.48. The van der Waals surface area contributed by atoms with Gasteiger partial charge in [0, 0.05) is 24.5 Å². The van der Waals surface area contributed by atoms with Gasteiger partial charge in [0.2, 0.25) is 0 Å². The number of aryl methyl sites for hydroxylation is 1. The quantitative estimate of drug-likeness (QED) is 0.878. The highest BCUT2D eigenvalue weighted by Gasteiger charge is 2.04. The minimum absolute atomic E-state index is 0.896. The average molecular weight is 275 g/mol. The summed E-state index contributed by atoms with van der Waals surface area (Å²) in [7, 11) is 4.20. The van der Waals surface area contributed by atoms with Gasteiger partial charge in [-0.2, -0.15) is 0 Å². The summed E-state index contributed by atoms with van der Waals surface area (Å²) in [4.78, 5) is 7.80. The second kappa shape index (κ2) is 6.80. The number of rotatable bonds is 6. The highest BCUT2D eigenvalue weighted by molar-refractivity contribution is 7.09. The SMILES string of the molecule is Cc1ncsc1CNCc1ccccc1CN(C)C. The summed E-state index contributed by atoms with van der Waals surface area (Å²) in [5.41, 5.74) is 5.81. The Morgan fingerprint density at radius 2 is 1.89 bits per heavy atom. The van der Waals surface area contributed by atoms with Crippen LogP contribution in [0.15, 0.2) is 29.8 Å². The molecular formula is C15H21N3S. The smallest absolute Gasteiger partial charge is 0.0798 e. The molecule has 0 aliphatic carbocycles. The summed E-state index contributed by atoms with van der Waals surface area (Å²) < 4.78 is 0. The normalized spacial score (nSPS) is 11.2. The summed E-state index contributed by atoms with van der Waals surface area (Å²) in [6.45, 7) is 4.85. The Morgan fingerprint density at radius 1 is 1.16 bits per heavy atom. The highest BCUT2D eigenvalue weighted by Crippen LogP contribution is 2.13. The second-order valence-corrected chi connectivity index (χ2v) is 5.91. The van der Waals surface area contributed by atoms with Crippen molar-refractivity contribution in [2.24, 2.45) is 0 Å². The number of nitrogens with zero attached hydrogens (tertiary/aromatic N) is 2. The predicted octanol–water partition coefficient (Wildman–Crippen LogP) is 2.80. The fraction of sp³-hybridized carbons (Fsp3) is 0.400. The molecule has 0 fully saturated rings. The van der Waals surface area contributed by atoms with Crippen molar-refractivity contribution in [3.8, 4) is 0 Å². The van der Waals surface area contributed by atoms with E-state index in [9.17, 15) is 0 Å². The van der Waals surface area contributed by atoms with Gasteiger partial charge in [-0.1, -0.05) is 24.3 Å². The Kier molecular flexibility index (Phi) is 5.07. The Balaban J connectivity index is 1.94. The van der Waals surface area contributed by atoms with Crippen molar-refractivity contribution in [3.05, 3.63) is 51.5 Å². The molecule has 1 N–H and O–H groups in total. The molecule has 19 heavy (non-hydrogen) atoms. The Labute approximate surface area is 119 Å². The lowest BCUT2D eigenvalue weighted by Crippen LogP contribution is -2.17. The fourth-order valence-electron chi connectivity index (χ4n) is 2.03. The van der Waals surface area contributed by atoms with Crippen LogP contribution in [0.4, 0.5) is 0 Å². The molecule has 0 unspecified atom stereocenters. The van der Waals surface area contributed by atoms with E-state index in [1.54, 1.807) is 11.3 Å². The molecule has 0 amide bonds. The van der Waals surface area contributed by atoms with E-state index < -0.39 is 0 Å². The van der Waals surface area contributed by atoms with Crippen LogP contribution >= 0.6 is 11.3 Å². The molecule has 0 aliphatic rings. The molecule has 1 aromatic carbocycles. The summed E-state index contributed by atoms with van der Waals surface area (Å²) in [6.07, 6.45) is 0. The molecule has 0 saturated heterocycles. The van der Waals surface area contributed by atoms with E-state index in [4.69, 9.17) is 0 Å². The summed E-state index contributed by atoms with van der Waals surface area (Å²) in [5.74, 6) is 0. The fourth-order valence-corrected chi connectivity index (χ4v) is 2.78. The van der Waals surface area contributed by atoms with Gasteiger partial charge in [-0.25, -0.2) is 4.98 Å². The van der Waals surface area contributed by atoms with Gasteiger partial charge in [0.05, 0.1) is 11.2 Å². The van der Waals surface area contributed by atoms with E-state index in [-0.39, 0.29) is 0 Å².